The van der Waals surface area contributed by atoms with E-state index < -0.39 is 22.8 Å². The summed E-state index contributed by atoms with van der Waals surface area (Å²) in [6, 6.07) is 8.42. The lowest BCUT2D eigenvalue weighted by molar-refractivity contribution is -0.384. The van der Waals surface area contributed by atoms with Gasteiger partial charge in [-0.05, 0) is 38.1 Å². The Morgan fingerprint density at radius 2 is 1.96 bits per heavy atom. The van der Waals surface area contributed by atoms with Crippen LogP contribution in [0.1, 0.15) is 35.9 Å². The molecule has 0 aliphatic rings. The molecule has 9 heteroatoms. The normalized spacial score (nSPS) is 12.7. The van der Waals surface area contributed by atoms with Crippen molar-refractivity contribution in [2.45, 2.75) is 25.9 Å². The van der Waals surface area contributed by atoms with E-state index >= 15 is 0 Å². The van der Waals surface area contributed by atoms with E-state index in [2.05, 4.69) is 10.3 Å². The number of amides is 2. The van der Waals surface area contributed by atoms with Crippen LogP contribution in [0.4, 0.5) is 11.4 Å². The molecule has 0 aliphatic carbocycles. The van der Waals surface area contributed by atoms with Crippen LogP contribution in [0.5, 0.6) is 0 Å². The van der Waals surface area contributed by atoms with Crippen molar-refractivity contribution in [3.05, 3.63) is 64.0 Å². The van der Waals surface area contributed by atoms with E-state index in [1.54, 1.807) is 12.3 Å². The van der Waals surface area contributed by atoms with Gasteiger partial charge in [0.2, 0.25) is 5.91 Å². The highest BCUT2D eigenvalue weighted by atomic mass is 16.6. The van der Waals surface area contributed by atoms with Gasteiger partial charge in [0, 0.05) is 24.9 Å². The van der Waals surface area contributed by atoms with Gasteiger partial charge in [0.15, 0.2) is 0 Å². The standard InChI is InChI=1S/C18H21N5O4/c1-11(14-6-4-5-9-20-14)21-15-8-7-13(10-16(15)23(26)27)18(25)22(3)12(2)17(19)24/h4-12,21H,1-3H3,(H2,19,24)/t11?,12-/m1/s1. The summed E-state index contributed by atoms with van der Waals surface area (Å²) in [5.74, 6) is -1.20. The second-order valence-corrected chi connectivity index (χ2v) is 6.10. The van der Waals surface area contributed by atoms with Crippen molar-refractivity contribution >= 4 is 23.2 Å². The zero-order valence-electron chi connectivity index (χ0n) is 15.2. The number of likely N-dealkylation sites (N-methyl/N-ethyl adjacent to an activating group) is 1. The second kappa shape index (κ2) is 8.26. The Morgan fingerprint density at radius 1 is 1.26 bits per heavy atom. The highest BCUT2D eigenvalue weighted by Crippen LogP contribution is 2.29. The minimum absolute atomic E-state index is 0.0911. The minimum atomic E-state index is -0.835. The van der Waals surface area contributed by atoms with Gasteiger partial charge in [-0.1, -0.05) is 6.07 Å². The van der Waals surface area contributed by atoms with Gasteiger partial charge < -0.3 is 16.0 Å². The summed E-state index contributed by atoms with van der Waals surface area (Å²) in [5.41, 5.74) is 6.04. The smallest absolute Gasteiger partial charge is 0.293 e. The van der Waals surface area contributed by atoms with Gasteiger partial charge in [-0.2, -0.15) is 0 Å². The number of hydrogen-bond acceptors (Lipinski definition) is 6. The largest absolute Gasteiger partial charge is 0.371 e. The minimum Gasteiger partial charge on any atom is -0.371 e. The molecule has 9 nitrogen and oxygen atoms in total. The fraction of sp³-hybridized carbons (Fsp3) is 0.278. The maximum Gasteiger partial charge on any atom is 0.293 e. The quantitative estimate of drug-likeness (QED) is 0.566. The number of nitrogens with zero attached hydrogens (tertiary/aromatic N) is 3. The predicted octanol–water partition coefficient (Wildman–Crippen LogP) is 2.11. The maximum absolute atomic E-state index is 12.5. The molecule has 2 atom stereocenters. The van der Waals surface area contributed by atoms with Crippen LogP contribution >= 0.6 is 0 Å². The van der Waals surface area contributed by atoms with Gasteiger partial charge in [0.05, 0.1) is 16.7 Å². The first-order valence-electron chi connectivity index (χ1n) is 8.24. The monoisotopic (exact) mass is 371 g/mol. The third-order valence-corrected chi connectivity index (χ3v) is 4.26. The highest BCUT2D eigenvalue weighted by molar-refractivity contribution is 5.98. The lowest BCUT2D eigenvalue weighted by Gasteiger charge is -2.22. The highest BCUT2D eigenvalue weighted by Gasteiger charge is 2.25. The summed E-state index contributed by atoms with van der Waals surface area (Å²) in [7, 11) is 1.42. The van der Waals surface area contributed by atoms with Gasteiger partial charge >= 0.3 is 0 Å². The maximum atomic E-state index is 12.5. The lowest BCUT2D eigenvalue weighted by Crippen LogP contribution is -2.43. The van der Waals surface area contributed by atoms with Crippen molar-refractivity contribution in [3.63, 3.8) is 0 Å². The summed E-state index contributed by atoms with van der Waals surface area (Å²) < 4.78 is 0. The number of nitro benzene ring substituents is 1. The van der Waals surface area contributed by atoms with Crippen molar-refractivity contribution in [1.29, 1.82) is 0 Å². The summed E-state index contributed by atoms with van der Waals surface area (Å²) in [5, 5.41) is 14.5. The lowest BCUT2D eigenvalue weighted by atomic mass is 10.1. The van der Waals surface area contributed by atoms with Crippen molar-refractivity contribution in [2.75, 3.05) is 12.4 Å². The fourth-order valence-electron chi connectivity index (χ4n) is 2.45. The zero-order valence-corrected chi connectivity index (χ0v) is 15.2. The number of aromatic nitrogens is 1. The molecule has 1 aromatic heterocycles. The number of carbonyl (C=O) groups is 2. The Kier molecular flexibility index (Phi) is 6.07. The molecule has 0 fully saturated rings. The Bertz CT molecular complexity index is 856. The molecule has 142 valence electrons. The number of primary amides is 1. The van der Waals surface area contributed by atoms with Gasteiger partial charge in [0.1, 0.15) is 11.7 Å². The molecule has 0 radical (unpaired) electrons. The third-order valence-electron chi connectivity index (χ3n) is 4.26. The van der Waals surface area contributed by atoms with Crippen LogP contribution in [-0.2, 0) is 4.79 Å². The molecule has 0 bridgehead atoms. The van der Waals surface area contributed by atoms with Gasteiger partial charge in [-0.3, -0.25) is 24.7 Å². The fourth-order valence-corrected chi connectivity index (χ4v) is 2.45. The van der Waals surface area contributed by atoms with Gasteiger partial charge in [0.25, 0.3) is 11.6 Å². The summed E-state index contributed by atoms with van der Waals surface area (Å²) >= 11 is 0. The van der Waals surface area contributed by atoms with E-state index in [0.29, 0.717) is 0 Å². The Labute approximate surface area is 156 Å². The molecule has 2 rings (SSSR count). The average Bonchev–Trinajstić information content (AvgIpc) is 2.66. The number of pyridine rings is 1. The van der Waals surface area contributed by atoms with E-state index in [1.165, 1.54) is 32.2 Å². The van der Waals surface area contributed by atoms with Crippen molar-refractivity contribution in [1.82, 2.24) is 9.88 Å². The van der Waals surface area contributed by atoms with Gasteiger partial charge in [-0.25, -0.2) is 0 Å². The first kappa shape index (κ1) is 19.8. The topological polar surface area (TPSA) is 131 Å². The number of nitro groups is 1. The first-order chi connectivity index (χ1) is 12.7. The van der Waals surface area contributed by atoms with E-state index in [-0.39, 0.29) is 23.0 Å². The van der Waals surface area contributed by atoms with Crippen LogP contribution < -0.4 is 11.1 Å². The SMILES string of the molecule is CC(Nc1ccc(C(=O)N(C)[C@H](C)C(N)=O)cc1[N+](=O)[O-])c1ccccn1. The second-order valence-electron chi connectivity index (χ2n) is 6.10. The van der Waals surface area contributed by atoms with Crippen LogP contribution in [-0.4, -0.2) is 39.7 Å². The summed E-state index contributed by atoms with van der Waals surface area (Å²) in [6.45, 7) is 3.31. The molecule has 0 aliphatic heterocycles. The summed E-state index contributed by atoms with van der Waals surface area (Å²) in [4.78, 5) is 40.0. The van der Waals surface area contributed by atoms with Crippen LogP contribution in [0.15, 0.2) is 42.6 Å². The third kappa shape index (κ3) is 4.57. The molecule has 27 heavy (non-hydrogen) atoms. The van der Waals surface area contributed by atoms with Crippen LogP contribution in [0.25, 0.3) is 0 Å². The van der Waals surface area contributed by atoms with Crippen LogP contribution in [0.2, 0.25) is 0 Å². The van der Waals surface area contributed by atoms with Gasteiger partial charge in [-0.15, -0.1) is 0 Å². The number of nitrogens with two attached hydrogens (primary N) is 1. The predicted molar refractivity (Wildman–Crippen MR) is 100 cm³/mol. The van der Waals surface area contributed by atoms with E-state index in [1.807, 2.05) is 19.1 Å². The Hall–Kier alpha value is -3.49. The molecule has 1 aromatic carbocycles. The molecule has 2 amide bonds. The number of benzene rings is 1. The molecule has 1 heterocycles. The van der Waals surface area contributed by atoms with Crippen molar-refractivity contribution < 1.29 is 14.5 Å². The van der Waals surface area contributed by atoms with E-state index in [4.69, 9.17) is 5.73 Å². The number of hydrogen-bond donors (Lipinski definition) is 2. The van der Waals surface area contributed by atoms with Crippen molar-refractivity contribution in [2.24, 2.45) is 5.73 Å². The number of carbonyl (C=O) groups excluding carboxylic acids is 2. The van der Waals surface area contributed by atoms with E-state index in [9.17, 15) is 19.7 Å². The molecule has 3 N–H and O–H groups in total. The first-order valence-corrected chi connectivity index (χ1v) is 8.24. The molecule has 2 aromatic rings. The van der Waals surface area contributed by atoms with Crippen molar-refractivity contribution in [3.8, 4) is 0 Å². The number of rotatable bonds is 7. The molecule has 0 saturated carbocycles. The molecular formula is C18H21N5O4. The number of nitrogens with one attached hydrogen (secondary N) is 1. The summed E-state index contributed by atoms with van der Waals surface area (Å²) in [6.07, 6.45) is 1.64. The molecule has 0 saturated heterocycles. The van der Waals surface area contributed by atoms with Crippen LogP contribution in [0.3, 0.4) is 0 Å². The average molecular weight is 371 g/mol. The zero-order chi connectivity index (χ0) is 20.1. The molecular weight excluding hydrogens is 350 g/mol. The Morgan fingerprint density at radius 3 is 2.52 bits per heavy atom. The molecule has 1 unspecified atom stereocenters. The number of anilines is 1. The Balaban J connectivity index is 2.30. The molecule has 0 spiro atoms. The van der Waals surface area contributed by atoms with Crippen LogP contribution in [0, 0.1) is 10.1 Å². The van der Waals surface area contributed by atoms with E-state index in [0.717, 1.165) is 10.6 Å².